The molecule has 2 aromatic carbocycles. The van der Waals surface area contributed by atoms with Crippen molar-refractivity contribution in [3.63, 3.8) is 0 Å². The van der Waals surface area contributed by atoms with Gasteiger partial charge in [0.05, 0.1) is 22.7 Å². The topological polar surface area (TPSA) is 103 Å². The van der Waals surface area contributed by atoms with Gasteiger partial charge < -0.3 is 10.4 Å². The van der Waals surface area contributed by atoms with Gasteiger partial charge >= 0.3 is 5.97 Å². The number of carboxylic acids is 1. The molecule has 1 heterocycles. The molecule has 1 amide bonds. The molecule has 0 bridgehead atoms. The van der Waals surface area contributed by atoms with Gasteiger partial charge in [-0.2, -0.15) is 5.26 Å². The monoisotopic (exact) mass is 345 g/mol. The molecule has 0 spiro atoms. The van der Waals surface area contributed by atoms with Crippen molar-refractivity contribution in [2.24, 2.45) is 0 Å². The van der Waals surface area contributed by atoms with Crippen molar-refractivity contribution in [1.29, 1.82) is 5.26 Å². The average molecular weight is 345 g/mol. The Balaban J connectivity index is 1.82. The fourth-order valence-corrected chi connectivity index (χ4v) is 2.68. The third-order valence-electron chi connectivity index (χ3n) is 4.02. The third kappa shape index (κ3) is 3.68. The summed E-state index contributed by atoms with van der Waals surface area (Å²) in [5, 5.41) is 21.5. The van der Waals surface area contributed by atoms with Gasteiger partial charge in [-0.15, -0.1) is 0 Å². The number of amides is 1. The number of carbonyl (C=O) groups is 2. The first-order chi connectivity index (χ1) is 12.6. The highest BCUT2D eigenvalue weighted by atomic mass is 16.4. The number of hydrogen-bond acceptors (Lipinski definition) is 4. The molecule has 0 radical (unpaired) electrons. The smallest absolute Gasteiger partial charge is 0.326 e. The number of pyridine rings is 1. The van der Waals surface area contributed by atoms with E-state index in [9.17, 15) is 14.7 Å². The van der Waals surface area contributed by atoms with E-state index in [4.69, 9.17) is 5.26 Å². The number of carboxylic acid groups (broad SMARTS) is 1. The maximum absolute atomic E-state index is 12.6. The van der Waals surface area contributed by atoms with Gasteiger partial charge in [0, 0.05) is 18.0 Å². The molecule has 0 fully saturated rings. The summed E-state index contributed by atoms with van der Waals surface area (Å²) in [7, 11) is 0. The SMILES string of the molecule is N#Cc1ccc(C[C@H](NC(=O)c2ccnc3ccccc23)C(=O)O)cc1. The van der Waals surface area contributed by atoms with Crippen molar-refractivity contribution in [1.82, 2.24) is 10.3 Å². The molecule has 0 aliphatic rings. The summed E-state index contributed by atoms with van der Waals surface area (Å²) in [6.07, 6.45) is 1.64. The summed E-state index contributed by atoms with van der Waals surface area (Å²) in [5.41, 5.74) is 2.25. The zero-order valence-corrected chi connectivity index (χ0v) is 13.7. The van der Waals surface area contributed by atoms with Gasteiger partial charge in [-0.1, -0.05) is 30.3 Å². The van der Waals surface area contributed by atoms with Crippen LogP contribution < -0.4 is 5.32 Å². The Kier molecular flexibility index (Phi) is 4.90. The molecule has 0 unspecified atom stereocenters. The summed E-state index contributed by atoms with van der Waals surface area (Å²) in [6, 6.07) is 16.3. The van der Waals surface area contributed by atoms with Crippen molar-refractivity contribution in [3.05, 3.63) is 77.5 Å². The van der Waals surface area contributed by atoms with Gasteiger partial charge in [-0.05, 0) is 29.8 Å². The predicted molar refractivity (Wildman–Crippen MR) is 95.5 cm³/mol. The first-order valence-corrected chi connectivity index (χ1v) is 7.95. The highest BCUT2D eigenvalue weighted by Gasteiger charge is 2.22. The number of benzene rings is 2. The Morgan fingerprint density at radius 2 is 1.85 bits per heavy atom. The zero-order valence-electron chi connectivity index (χ0n) is 13.7. The van der Waals surface area contributed by atoms with E-state index in [1.165, 1.54) is 6.20 Å². The lowest BCUT2D eigenvalue weighted by Gasteiger charge is -2.15. The van der Waals surface area contributed by atoms with E-state index in [0.717, 1.165) is 5.56 Å². The van der Waals surface area contributed by atoms with E-state index < -0.39 is 17.9 Å². The Labute approximate surface area is 149 Å². The number of nitrogens with zero attached hydrogens (tertiary/aromatic N) is 2. The van der Waals surface area contributed by atoms with Gasteiger partial charge in [0.1, 0.15) is 6.04 Å². The van der Waals surface area contributed by atoms with E-state index in [2.05, 4.69) is 10.3 Å². The average Bonchev–Trinajstić information content (AvgIpc) is 2.67. The molecular weight excluding hydrogens is 330 g/mol. The summed E-state index contributed by atoms with van der Waals surface area (Å²) in [5.74, 6) is -1.59. The van der Waals surface area contributed by atoms with E-state index in [1.807, 2.05) is 12.1 Å². The van der Waals surface area contributed by atoms with E-state index in [-0.39, 0.29) is 6.42 Å². The van der Waals surface area contributed by atoms with Crippen LogP contribution in [0.4, 0.5) is 0 Å². The molecule has 0 saturated carbocycles. The molecule has 1 aromatic heterocycles. The molecule has 6 heteroatoms. The van der Waals surface area contributed by atoms with E-state index >= 15 is 0 Å². The lowest BCUT2D eigenvalue weighted by atomic mass is 10.0. The number of carbonyl (C=O) groups excluding carboxylic acids is 1. The minimum atomic E-state index is -1.12. The van der Waals surface area contributed by atoms with Crippen LogP contribution in [0.15, 0.2) is 60.8 Å². The number of nitrogens with one attached hydrogen (secondary N) is 1. The van der Waals surface area contributed by atoms with Crippen LogP contribution in [-0.2, 0) is 11.2 Å². The number of hydrogen-bond donors (Lipinski definition) is 2. The summed E-state index contributed by atoms with van der Waals surface area (Å²) in [6.45, 7) is 0. The summed E-state index contributed by atoms with van der Waals surface area (Å²) in [4.78, 5) is 28.4. The van der Waals surface area contributed by atoms with Crippen molar-refractivity contribution in [2.75, 3.05) is 0 Å². The quantitative estimate of drug-likeness (QED) is 0.739. The molecule has 0 saturated heterocycles. The number of rotatable bonds is 5. The number of aromatic nitrogens is 1. The standard InChI is InChI=1S/C20H15N3O3/c21-12-14-7-5-13(6-8-14)11-18(20(25)26)23-19(24)16-9-10-22-17-4-2-1-3-15(16)17/h1-10,18H,11H2,(H,23,24)(H,25,26)/t18-/m0/s1. The maximum Gasteiger partial charge on any atom is 0.326 e. The maximum atomic E-state index is 12.6. The lowest BCUT2D eigenvalue weighted by molar-refractivity contribution is -0.139. The van der Waals surface area contributed by atoms with Crippen LogP contribution in [0.3, 0.4) is 0 Å². The number of aliphatic carboxylic acids is 1. The van der Waals surface area contributed by atoms with Crippen LogP contribution in [0.2, 0.25) is 0 Å². The first kappa shape index (κ1) is 17.1. The highest BCUT2D eigenvalue weighted by molar-refractivity contribution is 6.06. The van der Waals surface area contributed by atoms with E-state index in [1.54, 1.807) is 48.5 Å². The highest BCUT2D eigenvalue weighted by Crippen LogP contribution is 2.16. The molecule has 1 atom stereocenters. The second-order valence-corrected chi connectivity index (χ2v) is 5.75. The van der Waals surface area contributed by atoms with Crippen LogP contribution in [-0.4, -0.2) is 28.0 Å². The molecule has 3 aromatic rings. The molecule has 3 rings (SSSR count). The van der Waals surface area contributed by atoms with Gasteiger partial charge in [0.25, 0.3) is 5.91 Å². The molecule has 2 N–H and O–H groups in total. The lowest BCUT2D eigenvalue weighted by Crippen LogP contribution is -2.42. The first-order valence-electron chi connectivity index (χ1n) is 7.95. The molecule has 0 aliphatic heterocycles. The molecule has 26 heavy (non-hydrogen) atoms. The summed E-state index contributed by atoms with van der Waals surface area (Å²) >= 11 is 0. The number of para-hydroxylation sites is 1. The van der Waals surface area contributed by atoms with Crippen LogP contribution in [0.25, 0.3) is 10.9 Å². The zero-order chi connectivity index (χ0) is 18.5. The van der Waals surface area contributed by atoms with Gasteiger partial charge in [-0.3, -0.25) is 9.78 Å². The number of nitriles is 1. The normalized spacial score (nSPS) is 11.5. The van der Waals surface area contributed by atoms with Gasteiger partial charge in [0.15, 0.2) is 0 Å². The molecule has 0 aliphatic carbocycles. The Morgan fingerprint density at radius 3 is 2.54 bits per heavy atom. The predicted octanol–water partition coefficient (Wildman–Crippen LogP) is 2.53. The second kappa shape index (κ2) is 7.45. The van der Waals surface area contributed by atoms with Crippen molar-refractivity contribution in [2.45, 2.75) is 12.5 Å². The minimum Gasteiger partial charge on any atom is -0.480 e. The van der Waals surface area contributed by atoms with Crippen molar-refractivity contribution >= 4 is 22.8 Å². The molecular formula is C20H15N3O3. The Morgan fingerprint density at radius 1 is 1.12 bits per heavy atom. The molecule has 6 nitrogen and oxygen atoms in total. The molecule has 128 valence electrons. The minimum absolute atomic E-state index is 0.121. The Bertz CT molecular complexity index is 1000. The van der Waals surface area contributed by atoms with Crippen LogP contribution >= 0.6 is 0 Å². The number of fused-ring (bicyclic) bond motifs is 1. The van der Waals surface area contributed by atoms with Crippen LogP contribution in [0, 0.1) is 11.3 Å². The Hall–Kier alpha value is -3.72. The van der Waals surface area contributed by atoms with Crippen LogP contribution in [0.1, 0.15) is 21.5 Å². The van der Waals surface area contributed by atoms with Crippen LogP contribution in [0.5, 0.6) is 0 Å². The van der Waals surface area contributed by atoms with E-state index in [0.29, 0.717) is 22.0 Å². The van der Waals surface area contributed by atoms with Gasteiger partial charge in [-0.25, -0.2) is 4.79 Å². The largest absolute Gasteiger partial charge is 0.480 e. The van der Waals surface area contributed by atoms with Gasteiger partial charge in [0.2, 0.25) is 0 Å². The van der Waals surface area contributed by atoms with Crippen molar-refractivity contribution < 1.29 is 14.7 Å². The third-order valence-corrected chi connectivity index (χ3v) is 4.02. The fraction of sp³-hybridized carbons (Fsp3) is 0.100. The second-order valence-electron chi connectivity index (χ2n) is 5.75. The van der Waals surface area contributed by atoms with Crippen molar-refractivity contribution in [3.8, 4) is 6.07 Å². The fourth-order valence-electron chi connectivity index (χ4n) is 2.68. The summed E-state index contributed by atoms with van der Waals surface area (Å²) < 4.78 is 0.